The van der Waals surface area contributed by atoms with Gasteiger partial charge in [0.1, 0.15) is 12.4 Å². The Hall–Kier alpha value is -1.35. The normalized spacial score (nSPS) is 17.1. The number of Topliss-reactive ketones (excluding diaryl/α,β-unsaturated/α-hetero) is 1. The molecule has 0 aromatic heterocycles. The third kappa shape index (κ3) is 4.34. The zero-order valence-corrected chi connectivity index (χ0v) is 12.2. The van der Waals surface area contributed by atoms with Crippen LogP contribution >= 0.6 is 0 Å². The smallest absolute Gasteiger partial charge is 0.162 e. The summed E-state index contributed by atoms with van der Waals surface area (Å²) in [6, 6.07) is 7.16. The minimum absolute atomic E-state index is 0.137. The van der Waals surface area contributed by atoms with E-state index >= 15 is 0 Å². The third-order valence-electron chi connectivity index (χ3n) is 4.02. The summed E-state index contributed by atoms with van der Waals surface area (Å²) in [4.78, 5) is 11.5. The molecule has 1 aromatic carbocycles. The number of ether oxygens (including phenoxy) is 1. The van der Waals surface area contributed by atoms with Gasteiger partial charge in [0.15, 0.2) is 5.78 Å². The molecule has 1 aliphatic carbocycles. The highest BCUT2D eigenvalue weighted by atomic mass is 16.5. The lowest BCUT2D eigenvalue weighted by atomic mass is 10.0. The summed E-state index contributed by atoms with van der Waals surface area (Å²) in [6.45, 7) is 2.18. The van der Waals surface area contributed by atoms with Gasteiger partial charge in [-0.05, 0) is 36.6 Å². The molecule has 1 aliphatic rings. The summed E-state index contributed by atoms with van der Waals surface area (Å²) < 4.78 is 5.59. The highest BCUT2D eigenvalue weighted by Crippen LogP contribution is 2.28. The molecule has 20 heavy (non-hydrogen) atoms. The number of carbonyl (C=O) groups excluding carboxylic acids is 1. The predicted octanol–water partition coefficient (Wildman–Crippen LogP) is 3.60. The number of rotatable bonds is 7. The fraction of sp³-hybridized carbons (Fsp3) is 0.588. The highest BCUT2D eigenvalue weighted by molar-refractivity contribution is 5.95. The largest absolute Gasteiger partial charge is 0.491 e. The summed E-state index contributed by atoms with van der Waals surface area (Å²) in [5.74, 6) is 1.51. The van der Waals surface area contributed by atoms with E-state index in [-0.39, 0.29) is 5.78 Å². The third-order valence-corrected chi connectivity index (χ3v) is 4.02. The first kappa shape index (κ1) is 15.0. The second kappa shape index (κ2) is 7.44. The van der Waals surface area contributed by atoms with Crippen LogP contribution in [0.15, 0.2) is 24.3 Å². The quantitative estimate of drug-likeness (QED) is 0.774. The SMILES string of the molecule is CCC(=O)c1ccc(OCC(O)CC2CCCC2)cc1. The van der Waals surface area contributed by atoms with E-state index in [1.54, 1.807) is 24.3 Å². The monoisotopic (exact) mass is 276 g/mol. The molecule has 2 rings (SSSR count). The Morgan fingerprint density at radius 3 is 2.55 bits per heavy atom. The van der Waals surface area contributed by atoms with E-state index in [9.17, 15) is 9.90 Å². The Labute approximate surface area is 121 Å². The number of ketones is 1. The fourth-order valence-corrected chi connectivity index (χ4v) is 2.83. The zero-order valence-electron chi connectivity index (χ0n) is 12.2. The second-order valence-electron chi connectivity index (χ2n) is 5.65. The van der Waals surface area contributed by atoms with E-state index in [1.807, 2.05) is 6.92 Å². The molecule has 0 aliphatic heterocycles. The molecule has 0 radical (unpaired) electrons. The van der Waals surface area contributed by atoms with Crippen molar-refractivity contribution < 1.29 is 14.6 Å². The Balaban J connectivity index is 1.76. The Bertz CT molecular complexity index is 418. The lowest BCUT2D eigenvalue weighted by molar-refractivity contribution is 0.0854. The van der Waals surface area contributed by atoms with E-state index < -0.39 is 6.10 Å². The van der Waals surface area contributed by atoms with Crippen LogP contribution in [-0.2, 0) is 0 Å². The van der Waals surface area contributed by atoms with Crippen molar-refractivity contribution in [3.05, 3.63) is 29.8 Å². The lowest BCUT2D eigenvalue weighted by Crippen LogP contribution is -2.20. The Kier molecular flexibility index (Phi) is 5.60. The van der Waals surface area contributed by atoms with Crippen LogP contribution in [0.1, 0.15) is 55.8 Å². The van der Waals surface area contributed by atoms with Crippen LogP contribution in [0.5, 0.6) is 5.75 Å². The van der Waals surface area contributed by atoms with Gasteiger partial charge in [-0.25, -0.2) is 0 Å². The predicted molar refractivity (Wildman–Crippen MR) is 79.1 cm³/mol. The maximum Gasteiger partial charge on any atom is 0.162 e. The number of hydrogen-bond acceptors (Lipinski definition) is 3. The average Bonchev–Trinajstić information content (AvgIpc) is 2.97. The first-order valence-corrected chi connectivity index (χ1v) is 7.63. The van der Waals surface area contributed by atoms with Gasteiger partial charge in [-0.1, -0.05) is 32.6 Å². The molecule has 1 unspecified atom stereocenters. The van der Waals surface area contributed by atoms with Crippen LogP contribution in [0.3, 0.4) is 0 Å². The van der Waals surface area contributed by atoms with Crippen LogP contribution in [-0.4, -0.2) is 23.6 Å². The molecule has 1 aromatic rings. The van der Waals surface area contributed by atoms with Crippen LogP contribution in [0, 0.1) is 5.92 Å². The van der Waals surface area contributed by atoms with Gasteiger partial charge in [0.05, 0.1) is 6.10 Å². The van der Waals surface area contributed by atoms with Crippen molar-refractivity contribution >= 4 is 5.78 Å². The summed E-state index contributed by atoms with van der Waals surface area (Å²) in [5, 5.41) is 9.97. The van der Waals surface area contributed by atoms with Crippen LogP contribution in [0.4, 0.5) is 0 Å². The molecule has 1 N–H and O–H groups in total. The molecule has 1 fully saturated rings. The molecule has 110 valence electrons. The van der Waals surface area contributed by atoms with Gasteiger partial charge in [-0.2, -0.15) is 0 Å². The minimum atomic E-state index is -0.393. The van der Waals surface area contributed by atoms with Gasteiger partial charge >= 0.3 is 0 Å². The van der Waals surface area contributed by atoms with Gasteiger partial charge in [-0.15, -0.1) is 0 Å². The topological polar surface area (TPSA) is 46.5 Å². The van der Waals surface area contributed by atoms with Crippen molar-refractivity contribution in [1.82, 2.24) is 0 Å². The number of aliphatic hydroxyl groups excluding tert-OH is 1. The second-order valence-corrected chi connectivity index (χ2v) is 5.65. The number of aliphatic hydroxyl groups is 1. The van der Waals surface area contributed by atoms with Gasteiger partial charge in [0.2, 0.25) is 0 Å². The van der Waals surface area contributed by atoms with Crippen LogP contribution < -0.4 is 4.74 Å². The molecule has 1 saturated carbocycles. The molecule has 0 spiro atoms. The lowest BCUT2D eigenvalue weighted by Gasteiger charge is -2.16. The van der Waals surface area contributed by atoms with Gasteiger partial charge in [0.25, 0.3) is 0 Å². The molecular formula is C17H24O3. The van der Waals surface area contributed by atoms with E-state index in [2.05, 4.69) is 0 Å². The molecule has 0 amide bonds. The van der Waals surface area contributed by atoms with Gasteiger partial charge in [0, 0.05) is 12.0 Å². The molecule has 3 nitrogen and oxygen atoms in total. The summed E-state index contributed by atoms with van der Waals surface area (Å²) in [7, 11) is 0. The van der Waals surface area contributed by atoms with E-state index in [0.29, 0.717) is 30.3 Å². The van der Waals surface area contributed by atoms with E-state index in [1.165, 1.54) is 25.7 Å². The number of benzene rings is 1. The first-order chi connectivity index (χ1) is 9.69. The van der Waals surface area contributed by atoms with Crippen molar-refractivity contribution in [3.8, 4) is 5.75 Å². The molecule has 3 heteroatoms. The van der Waals surface area contributed by atoms with Gasteiger partial charge < -0.3 is 9.84 Å². The standard InChI is InChI=1S/C17H24O3/c1-2-17(19)14-7-9-16(10-8-14)20-12-15(18)11-13-5-3-4-6-13/h7-10,13,15,18H,2-6,11-12H2,1H3. The van der Waals surface area contributed by atoms with Crippen LogP contribution in [0.25, 0.3) is 0 Å². The number of hydrogen-bond donors (Lipinski definition) is 1. The van der Waals surface area contributed by atoms with Crippen molar-refractivity contribution in [3.63, 3.8) is 0 Å². The summed E-state index contributed by atoms with van der Waals surface area (Å²) in [6.07, 6.45) is 6.04. The maximum atomic E-state index is 11.5. The Morgan fingerprint density at radius 2 is 1.95 bits per heavy atom. The summed E-state index contributed by atoms with van der Waals surface area (Å²) >= 11 is 0. The first-order valence-electron chi connectivity index (χ1n) is 7.63. The van der Waals surface area contributed by atoms with E-state index in [0.717, 1.165) is 6.42 Å². The summed E-state index contributed by atoms with van der Waals surface area (Å²) in [5.41, 5.74) is 0.714. The van der Waals surface area contributed by atoms with Crippen molar-refractivity contribution in [1.29, 1.82) is 0 Å². The van der Waals surface area contributed by atoms with Crippen LogP contribution in [0.2, 0.25) is 0 Å². The molecule has 0 saturated heterocycles. The zero-order chi connectivity index (χ0) is 14.4. The fourth-order valence-electron chi connectivity index (χ4n) is 2.83. The number of carbonyl (C=O) groups is 1. The molecule has 0 bridgehead atoms. The molecular weight excluding hydrogens is 252 g/mol. The average molecular weight is 276 g/mol. The van der Waals surface area contributed by atoms with Crippen molar-refractivity contribution in [2.75, 3.05) is 6.61 Å². The van der Waals surface area contributed by atoms with Crippen molar-refractivity contribution in [2.45, 2.75) is 51.6 Å². The highest BCUT2D eigenvalue weighted by Gasteiger charge is 2.19. The maximum absolute atomic E-state index is 11.5. The van der Waals surface area contributed by atoms with Crippen molar-refractivity contribution in [2.24, 2.45) is 5.92 Å². The minimum Gasteiger partial charge on any atom is -0.491 e. The molecule has 0 heterocycles. The molecule has 1 atom stereocenters. The Morgan fingerprint density at radius 1 is 1.30 bits per heavy atom. The van der Waals surface area contributed by atoms with Gasteiger partial charge in [-0.3, -0.25) is 4.79 Å². The van der Waals surface area contributed by atoms with E-state index in [4.69, 9.17) is 4.74 Å².